The second-order valence-electron chi connectivity index (χ2n) is 15.8. The van der Waals surface area contributed by atoms with Crippen molar-refractivity contribution in [3.8, 4) is 33.4 Å². The zero-order valence-electron chi connectivity index (χ0n) is 31.2. The van der Waals surface area contributed by atoms with Crippen molar-refractivity contribution in [3.05, 3.63) is 210 Å². The highest BCUT2D eigenvalue weighted by Crippen LogP contribution is 2.56. The summed E-state index contributed by atoms with van der Waals surface area (Å²) in [5.74, 6) is 0. The van der Waals surface area contributed by atoms with E-state index in [9.17, 15) is 0 Å². The molecule has 2 aliphatic rings. The van der Waals surface area contributed by atoms with Crippen LogP contribution >= 0.6 is 0 Å². The van der Waals surface area contributed by atoms with Crippen molar-refractivity contribution in [1.29, 1.82) is 0 Å². The predicted octanol–water partition coefficient (Wildman–Crippen LogP) is 14.4. The number of hydrogen-bond donors (Lipinski definition) is 0. The van der Waals surface area contributed by atoms with Crippen LogP contribution in [0.1, 0.15) is 48.6 Å². The zero-order valence-corrected chi connectivity index (χ0v) is 31.2. The van der Waals surface area contributed by atoms with Crippen molar-refractivity contribution in [3.63, 3.8) is 0 Å². The Labute approximate surface area is 322 Å². The Morgan fingerprint density at radius 1 is 0.418 bits per heavy atom. The first-order chi connectivity index (χ1) is 26.9. The summed E-state index contributed by atoms with van der Waals surface area (Å²) >= 11 is 0. The number of furan rings is 1. The van der Waals surface area contributed by atoms with Crippen molar-refractivity contribution in [1.82, 2.24) is 0 Å². The van der Waals surface area contributed by atoms with Crippen molar-refractivity contribution in [2.45, 2.75) is 31.6 Å². The number of hydrogen-bond acceptors (Lipinski definition) is 2. The number of para-hydroxylation sites is 1. The van der Waals surface area contributed by atoms with Gasteiger partial charge in [-0.15, -0.1) is 0 Å². The minimum atomic E-state index is -0.417. The van der Waals surface area contributed by atoms with Gasteiger partial charge in [0.05, 0.1) is 11.1 Å². The van der Waals surface area contributed by atoms with E-state index in [0.29, 0.717) is 0 Å². The van der Waals surface area contributed by atoms with E-state index in [4.69, 9.17) is 4.42 Å². The van der Waals surface area contributed by atoms with E-state index >= 15 is 0 Å². The third kappa shape index (κ3) is 4.49. The van der Waals surface area contributed by atoms with Gasteiger partial charge in [-0.1, -0.05) is 159 Å². The minimum absolute atomic E-state index is 0.140. The number of fused-ring (bicyclic) bond motifs is 9. The Morgan fingerprint density at radius 3 is 1.75 bits per heavy atom. The molecule has 11 rings (SSSR count). The summed E-state index contributed by atoms with van der Waals surface area (Å²) in [5, 5.41) is 2.22. The predicted molar refractivity (Wildman–Crippen MR) is 229 cm³/mol. The van der Waals surface area contributed by atoms with Crippen molar-refractivity contribution >= 4 is 39.0 Å². The second kappa shape index (κ2) is 11.7. The molecule has 0 unspecified atom stereocenters. The molecule has 0 atom stereocenters. The van der Waals surface area contributed by atoms with E-state index in [1.54, 1.807) is 0 Å². The summed E-state index contributed by atoms with van der Waals surface area (Å²) in [5.41, 5.74) is 18.6. The van der Waals surface area contributed by atoms with Gasteiger partial charge in [-0.3, -0.25) is 0 Å². The molecule has 262 valence electrons. The maximum Gasteiger partial charge on any atom is 0.141 e. The zero-order chi connectivity index (χ0) is 36.9. The van der Waals surface area contributed by atoms with Crippen LogP contribution < -0.4 is 4.90 Å². The first-order valence-electron chi connectivity index (χ1n) is 19.3. The lowest BCUT2D eigenvalue weighted by Gasteiger charge is -2.31. The van der Waals surface area contributed by atoms with E-state index in [2.05, 4.69) is 208 Å². The third-order valence-corrected chi connectivity index (χ3v) is 12.5. The van der Waals surface area contributed by atoms with Gasteiger partial charge in [-0.05, 0) is 99.0 Å². The molecular weight excluding hydrogens is 667 g/mol. The molecule has 2 nitrogen and oxygen atoms in total. The van der Waals surface area contributed by atoms with Crippen molar-refractivity contribution < 1.29 is 4.42 Å². The molecule has 55 heavy (non-hydrogen) atoms. The monoisotopic (exact) mass is 705 g/mol. The summed E-state index contributed by atoms with van der Waals surface area (Å²) in [6, 6.07) is 66.5. The lowest BCUT2D eigenvalue weighted by molar-refractivity contribution is 0.638. The second-order valence-corrected chi connectivity index (χ2v) is 15.8. The smallest absolute Gasteiger partial charge is 0.141 e. The van der Waals surface area contributed by atoms with Crippen LogP contribution in [0.3, 0.4) is 0 Å². The number of rotatable bonds is 5. The van der Waals surface area contributed by atoms with Crippen LogP contribution in [-0.4, -0.2) is 0 Å². The van der Waals surface area contributed by atoms with E-state index in [1.807, 2.05) is 0 Å². The average molecular weight is 706 g/mol. The standard InChI is InChI=1S/C53H39NO/c1-52(2)43-24-11-7-20-38(43)41-29-28-37(33-47(41)52)54(36-19-15-18-35(32-36)34-16-5-4-6-17-34)48-31-30-46(51-50(48)42-23-10-14-27-49(42)55-51)53(3)44-25-12-8-21-39(44)40-22-9-13-26-45(40)53/h4-33H,1-3H3. The van der Waals surface area contributed by atoms with Gasteiger partial charge in [-0.2, -0.15) is 0 Å². The molecule has 0 N–H and O–H groups in total. The highest BCUT2D eigenvalue weighted by molar-refractivity contribution is 6.15. The molecule has 0 radical (unpaired) electrons. The topological polar surface area (TPSA) is 16.4 Å². The summed E-state index contributed by atoms with van der Waals surface area (Å²) < 4.78 is 7.07. The molecule has 0 saturated heterocycles. The Kier molecular flexibility index (Phi) is 6.76. The van der Waals surface area contributed by atoms with E-state index in [-0.39, 0.29) is 5.41 Å². The SMILES string of the molecule is CC1(C)c2ccccc2-c2ccc(N(c3cccc(-c4ccccc4)c3)c3ccc(C4(C)c5ccccc5-c5ccccc54)c4oc5ccccc5c34)cc21. The highest BCUT2D eigenvalue weighted by Gasteiger charge is 2.43. The van der Waals surface area contributed by atoms with Gasteiger partial charge < -0.3 is 9.32 Å². The van der Waals surface area contributed by atoms with E-state index in [1.165, 1.54) is 61.2 Å². The molecule has 8 aromatic carbocycles. The molecule has 0 bridgehead atoms. The number of nitrogens with zero attached hydrogens (tertiary/aromatic N) is 1. The van der Waals surface area contributed by atoms with Gasteiger partial charge in [0.2, 0.25) is 0 Å². The number of anilines is 3. The highest BCUT2D eigenvalue weighted by atomic mass is 16.3. The molecule has 9 aromatic rings. The summed E-state index contributed by atoms with van der Waals surface area (Å²) in [4.78, 5) is 2.46. The molecule has 1 aromatic heterocycles. The Hall–Kier alpha value is -6.64. The van der Waals surface area contributed by atoms with Crippen LogP contribution in [0.5, 0.6) is 0 Å². The number of benzene rings is 8. The minimum Gasteiger partial charge on any atom is -0.456 e. The van der Waals surface area contributed by atoms with Gasteiger partial charge in [0, 0.05) is 33.2 Å². The van der Waals surface area contributed by atoms with Gasteiger partial charge in [-0.25, -0.2) is 0 Å². The average Bonchev–Trinajstić information content (AvgIpc) is 3.83. The van der Waals surface area contributed by atoms with E-state index < -0.39 is 5.41 Å². The molecule has 2 heteroatoms. The first kappa shape index (κ1) is 31.8. The van der Waals surface area contributed by atoms with Crippen LogP contribution in [0, 0.1) is 0 Å². The molecule has 0 fully saturated rings. The third-order valence-electron chi connectivity index (χ3n) is 12.5. The quantitative estimate of drug-likeness (QED) is 0.177. The molecule has 0 spiro atoms. The molecular formula is C53H39NO. The van der Waals surface area contributed by atoms with Crippen LogP contribution in [-0.2, 0) is 10.8 Å². The van der Waals surface area contributed by atoms with Crippen LogP contribution in [0.15, 0.2) is 186 Å². The van der Waals surface area contributed by atoms with Crippen LogP contribution in [0.2, 0.25) is 0 Å². The molecule has 0 aliphatic heterocycles. The Balaban J connectivity index is 1.20. The Bertz CT molecular complexity index is 2940. The van der Waals surface area contributed by atoms with Gasteiger partial charge >= 0.3 is 0 Å². The van der Waals surface area contributed by atoms with Crippen molar-refractivity contribution in [2.24, 2.45) is 0 Å². The van der Waals surface area contributed by atoms with Gasteiger partial charge in [0.15, 0.2) is 0 Å². The fourth-order valence-corrected chi connectivity index (χ4v) is 9.85. The van der Waals surface area contributed by atoms with Crippen LogP contribution in [0.25, 0.3) is 55.3 Å². The maximum atomic E-state index is 7.07. The van der Waals surface area contributed by atoms with Gasteiger partial charge in [0.1, 0.15) is 11.2 Å². The fraction of sp³-hybridized carbons (Fsp3) is 0.0943. The normalized spacial score (nSPS) is 14.4. The lowest BCUT2D eigenvalue weighted by Crippen LogP contribution is -2.23. The molecule has 1 heterocycles. The summed E-state index contributed by atoms with van der Waals surface area (Å²) in [7, 11) is 0. The Morgan fingerprint density at radius 2 is 1.00 bits per heavy atom. The molecule has 2 aliphatic carbocycles. The van der Waals surface area contributed by atoms with Crippen LogP contribution in [0.4, 0.5) is 17.1 Å². The molecule has 0 saturated carbocycles. The van der Waals surface area contributed by atoms with Crippen molar-refractivity contribution in [2.75, 3.05) is 4.90 Å². The summed E-state index contributed by atoms with van der Waals surface area (Å²) in [6.07, 6.45) is 0. The van der Waals surface area contributed by atoms with Gasteiger partial charge in [0.25, 0.3) is 0 Å². The fourth-order valence-electron chi connectivity index (χ4n) is 9.85. The maximum absolute atomic E-state index is 7.07. The summed E-state index contributed by atoms with van der Waals surface area (Å²) in [6.45, 7) is 7.09. The van der Waals surface area contributed by atoms with E-state index in [0.717, 1.165) is 39.0 Å². The first-order valence-corrected chi connectivity index (χ1v) is 19.3. The largest absolute Gasteiger partial charge is 0.456 e. The lowest BCUT2D eigenvalue weighted by atomic mass is 9.73. The molecule has 0 amide bonds.